The minimum atomic E-state index is -0.0309. The molecule has 0 spiro atoms. The first-order valence-corrected chi connectivity index (χ1v) is 8.62. The van der Waals surface area contributed by atoms with Gasteiger partial charge in [-0.05, 0) is 49.8 Å². The van der Waals surface area contributed by atoms with Crippen molar-refractivity contribution in [3.63, 3.8) is 0 Å². The summed E-state index contributed by atoms with van der Waals surface area (Å²) in [6.07, 6.45) is 4.34. The Balaban J connectivity index is 2.10. The monoisotopic (exact) mass is 326 g/mol. The van der Waals surface area contributed by atoms with Crippen molar-refractivity contribution in [3.8, 4) is 5.69 Å². The molecule has 0 fully saturated rings. The second-order valence-corrected chi connectivity index (χ2v) is 6.98. The smallest absolute Gasteiger partial charge is 0.268 e. The Morgan fingerprint density at radius 1 is 1.26 bits per heavy atom. The highest BCUT2D eigenvalue weighted by atomic mass is 32.1. The maximum Gasteiger partial charge on any atom is 0.268 e. The molecule has 0 bridgehead atoms. The van der Waals surface area contributed by atoms with Gasteiger partial charge in [0.2, 0.25) is 5.95 Å². The van der Waals surface area contributed by atoms with Gasteiger partial charge in [-0.3, -0.25) is 10.2 Å². The summed E-state index contributed by atoms with van der Waals surface area (Å²) in [5, 5.41) is 0.770. The minimum Gasteiger partial charge on any atom is -0.293 e. The number of fused-ring (bicyclic) bond motifs is 3. The number of anilines is 1. The number of thiophene rings is 1. The lowest BCUT2D eigenvalue weighted by Gasteiger charge is -2.14. The molecule has 0 radical (unpaired) electrons. The van der Waals surface area contributed by atoms with Crippen LogP contribution in [0.4, 0.5) is 5.95 Å². The SMILES string of the molecule is Cc1ccccc1-n1c(NN)nc2sc3c(c2c1=O)CCCC3. The Morgan fingerprint density at radius 2 is 2.04 bits per heavy atom. The first-order valence-electron chi connectivity index (χ1n) is 7.80. The first-order chi connectivity index (χ1) is 11.2. The maximum atomic E-state index is 13.2. The van der Waals surface area contributed by atoms with Crippen LogP contribution in [0, 0.1) is 6.92 Å². The number of nitrogens with one attached hydrogen (secondary N) is 1. The number of rotatable bonds is 2. The van der Waals surface area contributed by atoms with Crippen LogP contribution >= 0.6 is 11.3 Å². The molecule has 0 unspecified atom stereocenters. The van der Waals surface area contributed by atoms with E-state index in [1.807, 2.05) is 31.2 Å². The van der Waals surface area contributed by atoms with Crippen molar-refractivity contribution in [1.82, 2.24) is 9.55 Å². The average Bonchev–Trinajstić information content (AvgIpc) is 2.94. The van der Waals surface area contributed by atoms with Gasteiger partial charge in [0, 0.05) is 4.88 Å². The molecule has 0 saturated carbocycles. The normalized spacial score (nSPS) is 14.0. The fourth-order valence-electron chi connectivity index (χ4n) is 3.34. The first kappa shape index (κ1) is 14.4. The largest absolute Gasteiger partial charge is 0.293 e. The third-order valence-corrected chi connectivity index (χ3v) is 5.66. The molecule has 4 rings (SSSR count). The van der Waals surface area contributed by atoms with E-state index in [1.54, 1.807) is 15.9 Å². The van der Waals surface area contributed by atoms with Gasteiger partial charge in [0.25, 0.3) is 5.56 Å². The summed E-state index contributed by atoms with van der Waals surface area (Å²) in [6, 6.07) is 7.78. The quantitative estimate of drug-likeness (QED) is 0.561. The molecule has 2 heterocycles. The number of nitrogen functional groups attached to an aromatic ring is 1. The van der Waals surface area contributed by atoms with Crippen LogP contribution in [0.5, 0.6) is 0 Å². The minimum absolute atomic E-state index is 0.0309. The number of nitrogens with zero attached hydrogens (tertiary/aromatic N) is 2. The van der Waals surface area contributed by atoms with Crippen LogP contribution < -0.4 is 16.8 Å². The predicted molar refractivity (Wildman–Crippen MR) is 94.4 cm³/mol. The molecule has 118 valence electrons. The number of hydrogen-bond donors (Lipinski definition) is 2. The van der Waals surface area contributed by atoms with Gasteiger partial charge < -0.3 is 0 Å². The van der Waals surface area contributed by atoms with Gasteiger partial charge >= 0.3 is 0 Å². The van der Waals surface area contributed by atoms with E-state index < -0.39 is 0 Å². The lowest BCUT2D eigenvalue weighted by Crippen LogP contribution is -2.26. The van der Waals surface area contributed by atoms with E-state index in [0.717, 1.165) is 40.7 Å². The maximum absolute atomic E-state index is 13.2. The van der Waals surface area contributed by atoms with Gasteiger partial charge in [0.05, 0.1) is 11.1 Å². The zero-order chi connectivity index (χ0) is 16.0. The molecule has 1 aliphatic carbocycles. The van der Waals surface area contributed by atoms with Crippen LogP contribution in [0.3, 0.4) is 0 Å². The van der Waals surface area contributed by atoms with Crippen LogP contribution in [0.1, 0.15) is 28.8 Å². The van der Waals surface area contributed by atoms with Crippen molar-refractivity contribution in [2.75, 3.05) is 5.43 Å². The number of aryl methyl sites for hydroxylation is 3. The summed E-state index contributed by atoms with van der Waals surface area (Å²) >= 11 is 1.63. The number of hydrazine groups is 1. The lowest BCUT2D eigenvalue weighted by atomic mass is 9.97. The van der Waals surface area contributed by atoms with Crippen molar-refractivity contribution in [3.05, 3.63) is 50.6 Å². The fourth-order valence-corrected chi connectivity index (χ4v) is 4.59. The van der Waals surface area contributed by atoms with E-state index in [9.17, 15) is 4.79 Å². The molecule has 5 nitrogen and oxygen atoms in total. The second kappa shape index (κ2) is 5.47. The Hall–Kier alpha value is -2.18. The number of para-hydroxylation sites is 1. The highest BCUT2D eigenvalue weighted by molar-refractivity contribution is 7.18. The zero-order valence-corrected chi connectivity index (χ0v) is 13.7. The van der Waals surface area contributed by atoms with Gasteiger partial charge in [0.15, 0.2) is 0 Å². The van der Waals surface area contributed by atoms with Gasteiger partial charge in [0.1, 0.15) is 4.83 Å². The summed E-state index contributed by atoms with van der Waals surface area (Å²) in [6.45, 7) is 1.98. The molecule has 0 amide bonds. The van der Waals surface area contributed by atoms with Crippen molar-refractivity contribution < 1.29 is 0 Å². The van der Waals surface area contributed by atoms with E-state index in [-0.39, 0.29) is 5.56 Å². The van der Waals surface area contributed by atoms with Crippen molar-refractivity contribution >= 4 is 27.5 Å². The summed E-state index contributed by atoms with van der Waals surface area (Å²) in [5.41, 5.74) is 5.58. The number of nitrogens with two attached hydrogens (primary N) is 1. The Morgan fingerprint density at radius 3 is 2.83 bits per heavy atom. The molecular weight excluding hydrogens is 308 g/mol. The van der Waals surface area contributed by atoms with Crippen LogP contribution in [0.2, 0.25) is 0 Å². The Labute approximate surface area is 137 Å². The summed E-state index contributed by atoms with van der Waals surface area (Å²) < 4.78 is 1.60. The van der Waals surface area contributed by atoms with Gasteiger partial charge in [-0.1, -0.05) is 18.2 Å². The lowest BCUT2D eigenvalue weighted by molar-refractivity contribution is 0.699. The topological polar surface area (TPSA) is 72.9 Å². The molecular formula is C17H18N4OS. The summed E-state index contributed by atoms with van der Waals surface area (Å²) in [5.74, 6) is 6.04. The molecule has 3 aromatic rings. The summed E-state index contributed by atoms with van der Waals surface area (Å²) in [7, 11) is 0. The number of hydrogen-bond acceptors (Lipinski definition) is 5. The predicted octanol–water partition coefficient (Wildman–Crippen LogP) is 2.92. The van der Waals surface area contributed by atoms with E-state index in [0.29, 0.717) is 5.95 Å². The van der Waals surface area contributed by atoms with E-state index in [1.165, 1.54) is 16.9 Å². The summed E-state index contributed by atoms with van der Waals surface area (Å²) in [4.78, 5) is 19.9. The average molecular weight is 326 g/mol. The molecule has 6 heteroatoms. The molecule has 0 saturated heterocycles. The molecule has 1 aromatic carbocycles. The van der Waals surface area contributed by atoms with E-state index >= 15 is 0 Å². The van der Waals surface area contributed by atoms with Crippen LogP contribution in [0.15, 0.2) is 29.1 Å². The fraction of sp³-hybridized carbons (Fsp3) is 0.294. The van der Waals surface area contributed by atoms with E-state index in [2.05, 4.69) is 10.4 Å². The molecule has 0 atom stereocenters. The van der Waals surface area contributed by atoms with Gasteiger partial charge in [-0.2, -0.15) is 0 Å². The second-order valence-electron chi connectivity index (χ2n) is 5.90. The zero-order valence-electron chi connectivity index (χ0n) is 12.9. The van der Waals surface area contributed by atoms with Crippen LogP contribution in [0.25, 0.3) is 15.9 Å². The van der Waals surface area contributed by atoms with Crippen LogP contribution in [-0.4, -0.2) is 9.55 Å². The Bertz CT molecular complexity index is 957. The molecule has 2 aromatic heterocycles. The molecule has 0 aliphatic heterocycles. The Kier molecular flexibility index (Phi) is 3.43. The van der Waals surface area contributed by atoms with Gasteiger partial charge in [-0.25, -0.2) is 15.4 Å². The molecule has 23 heavy (non-hydrogen) atoms. The molecule has 3 N–H and O–H groups in total. The van der Waals surface area contributed by atoms with Gasteiger partial charge in [-0.15, -0.1) is 11.3 Å². The standard InChI is InChI=1S/C17H18N4OS/c1-10-6-2-4-8-12(10)21-16(22)14-11-7-3-5-9-13(11)23-15(14)19-17(21)20-18/h2,4,6,8H,3,5,7,9,18H2,1H3,(H,19,20). The molecule has 1 aliphatic rings. The number of benzene rings is 1. The van der Waals surface area contributed by atoms with Crippen molar-refractivity contribution in [2.24, 2.45) is 5.84 Å². The highest BCUT2D eigenvalue weighted by Gasteiger charge is 2.22. The highest BCUT2D eigenvalue weighted by Crippen LogP contribution is 2.34. The number of aromatic nitrogens is 2. The van der Waals surface area contributed by atoms with Crippen molar-refractivity contribution in [2.45, 2.75) is 32.6 Å². The van der Waals surface area contributed by atoms with Crippen LogP contribution in [-0.2, 0) is 12.8 Å². The third kappa shape index (κ3) is 2.17. The van der Waals surface area contributed by atoms with Crippen molar-refractivity contribution in [1.29, 1.82) is 0 Å². The third-order valence-electron chi connectivity index (χ3n) is 4.47. The van der Waals surface area contributed by atoms with E-state index in [4.69, 9.17) is 5.84 Å².